The average molecular weight is 269 g/mol. The number of rotatable bonds is 2. The van der Waals surface area contributed by atoms with Crippen molar-refractivity contribution in [2.75, 3.05) is 0 Å². The molecular weight excluding hydrogens is 254 g/mol. The van der Waals surface area contributed by atoms with Crippen LogP contribution in [-0.4, -0.2) is 4.40 Å². The summed E-state index contributed by atoms with van der Waals surface area (Å²) in [7, 11) is 0. The Bertz CT molecular complexity index is 874. The van der Waals surface area contributed by atoms with Gasteiger partial charge in [0.05, 0.1) is 5.69 Å². The van der Waals surface area contributed by atoms with Crippen molar-refractivity contribution in [1.29, 1.82) is 0 Å². The highest BCUT2D eigenvalue weighted by molar-refractivity contribution is 5.86. The molecule has 1 heteroatoms. The van der Waals surface area contributed by atoms with Gasteiger partial charge < -0.3 is 4.40 Å². The second kappa shape index (κ2) is 4.95. The van der Waals surface area contributed by atoms with Gasteiger partial charge in [0, 0.05) is 17.3 Å². The topological polar surface area (TPSA) is 4.41 Å². The molecule has 0 aliphatic carbocycles. The highest BCUT2D eigenvalue weighted by Gasteiger charge is 2.12. The van der Waals surface area contributed by atoms with Crippen molar-refractivity contribution >= 4 is 5.52 Å². The van der Waals surface area contributed by atoms with Crippen LogP contribution in [0.2, 0.25) is 0 Å². The van der Waals surface area contributed by atoms with Gasteiger partial charge in [-0.3, -0.25) is 0 Å². The molecule has 0 fully saturated rings. The maximum atomic E-state index is 2.26. The van der Waals surface area contributed by atoms with E-state index in [0.717, 1.165) is 0 Å². The van der Waals surface area contributed by atoms with Gasteiger partial charge in [0.15, 0.2) is 0 Å². The van der Waals surface area contributed by atoms with Gasteiger partial charge in [0.1, 0.15) is 0 Å². The summed E-state index contributed by atoms with van der Waals surface area (Å²) >= 11 is 0. The van der Waals surface area contributed by atoms with Gasteiger partial charge in [-0.2, -0.15) is 0 Å². The largest absolute Gasteiger partial charge is 0.316 e. The quantitative estimate of drug-likeness (QED) is 0.467. The molecule has 0 unspecified atom stereocenters. The lowest BCUT2D eigenvalue weighted by atomic mass is 10.0. The Balaban J connectivity index is 2.07. The molecule has 0 aliphatic rings. The van der Waals surface area contributed by atoms with E-state index in [1.165, 1.54) is 27.9 Å². The lowest BCUT2D eigenvalue weighted by Gasteiger charge is -2.07. The predicted octanol–water partition coefficient (Wildman–Crippen LogP) is 5.27. The van der Waals surface area contributed by atoms with Crippen molar-refractivity contribution < 1.29 is 0 Å². The first-order valence-corrected chi connectivity index (χ1v) is 7.14. The first-order chi connectivity index (χ1) is 10.4. The van der Waals surface area contributed by atoms with Crippen LogP contribution in [0.1, 0.15) is 0 Å². The fraction of sp³-hybridized carbons (Fsp3) is 0. The molecule has 0 N–H and O–H groups in total. The molecule has 0 amide bonds. The molecule has 0 saturated heterocycles. The molecule has 2 aromatic carbocycles. The van der Waals surface area contributed by atoms with Crippen LogP contribution in [0, 0.1) is 0 Å². The highest BCUT2D eigenvalue weighted by atomic mass is 14.9. The van der Waals surface area contributed by atoms with Crippen LogP contribution in [0.4, 0.5) is 0 Å². The van der Waals surface area contributed by atoms with Crippen LogP contribution < -0.4 is 0 Å². The van der Waals surface area contributed by atoms with Gasteiger partial charge in [-0.05, 0) is 29.3 Å². The van der Waals surface area contributed by atoms with Crippen LogP contribution >= 0.6 is 0 Å². The van der Waals surface area contributed by atoms with E-state index in [4.69, 9.17) is 0 Å². The molecule has 0 radical (unpaired) electrons. The number of aromatic nitrogens is 1. The molecule has 4 aromatic rings. The third-order valence-corrected chi connectivity index (χ3v) is 3.81. The van der Waals surface area contributed by atoms with Crippen LogP contribution in [-0.2, 0) is 0 Å². The van der Waals surface area contributed by atoms with E-state index in [9.17, 15) is 0 Å². The Kier molecular flexibility index (Phi) is 2.82. The van der Waals surface area contributed by atoms with Gasteiger partial charge in [-0.25, -0.2) is 0 Å². The molecule has 21 heavy (non-hydrogen) atoms. The third kappa shape index (κ3) is 2.03. The molecule has 0 saturated carbocycles. The summed E-state index contributed by atoms with van der Waals surface area (Å²) < 4.78 is 2.26. The van der Waals surface area contributed by atoms with Crippen molar-refractivity contribution in [3.8, 4) is 22.4 Å². The van der Waals surface area contributed by atoms with Gasteiger partial charge in [-0.15, -0.1) is 0 Å². The summed E-state index contributed by atoms with van der Waals surface area (Å²) in [5.41, 5.74) is 6.23. The lowest BCUT2D eigenvalue weighted by molar-refractivity contribution is 1.20. The average Bonchev–Trinajstić information content (AvgIpc) is 2.96. The standard InChI is InChI=1S/C20H15N/c1-3-9-16(10-4-1)19-15-18-13-7-8-14-21(18)20(19)17-11-5-2-6-12-17/h1-15H. The predicted molar refractivity (Wildman–Crippen MR) is 88.3 cm³/mol. The number of fused-ring (bicyclic) bond motifs is 1. The van der Waals surface area contributed by atoms with Crippen molar-refractivity contribution in [3.05, 3.63) is 91.1 Å². The summed E-state index contributed by atoms with van der Waals surface area (Å²) in [6.07, 6.45) is 2.13. The van der Waals surface area contributed by atoms with Gasteiger partial charge in [0.2, 0.25) is 0 Å². The van der Waals surface area contributed by atoms with Gasteiger partial charge in [0.25, 0.3) is 0 Å². The van der Waals surface area contributed by atoms with E-state index in [-0.39, 0.29) is 0 Å². The Labute approximate surface area is 124 Å². The summed E-state index contributed by atoms with van der Waals surface area (Å²) in [5.74, 6) is 0. The van der Waals surface area contributed by atoms with Crippen molar-refractivity contribution in [3.63, 3.8) is 0 Å². The molecular formula is C20H15N. The smallest absolute Gasteiger partial charge is 0.0607 e. The minimum atomic E-state index is 1.22. The SMILES string of the molecule is c1ccc(-c2cc3ccccn3c2-c2ccccc2)cc1. The molecule has 2 heterocycles. The molecule has 0 atom stereocenters. The molecule has 1 nitrogen and oxygen atoms in total. The molecule has 100 valence electrons. The zero-order valence-corrected chi connectivity index (χ0v) is 11.6. The zero-order chi connectivity index (χ0) is 14.1. The Morgan fingerprint density at radius 1 is 0.571 bits per heavy atom. The van der Waals surface area contributed by atoms with Crippen molar-refractivity contribution in [2.45, 2.75) is 0 Å². The van der Waals surface area contributed by atoms with E-state index in [1.54, 1.807) is 0 Å². The van der Waals surface area contributed by atoms with Crippen LogP contribution in [0.15, 0.2) is 91.1 Å². The summed E-state index contributed by atoms with van der Waals surface area (Å²) in [4.78, 5) is 0. The third-order valence-electron chi connectivity index (χ3n) is 3.81. The molecule has 4 rings (SSSR count). The molecule has 0 spiro atoms. The van der Waals surface area contributed by atoms with E-state index in [1.807, 2.05) is 0 Å². The molecule has 0 bridgehead atoms. The van der Waals surface area contributed by atoms with Crippen LogP contribution in [0.3, 0.4) is 0 Å². The highest BCUT2D eigenvalue weighted by Crippen LogP contribution is 2.34. The minimum Gasteiger partial charge on any atom is -0.316 e. The summed E-state index contributed by atoms with van der Waals surface area (Å²) in [6.45, 7) is 0. The molecule has 0 aliphatic heterocycles. The minimum absolute atomic E-state index is 1.22. The normalized spacial score (nSPS) is 10.9. The number of pyridine rings is 1. The first kappa shape index (κ1) is 12.0. The van der Waals surface area contributed by atoms with Crippen LogP contribution in [0.25, 0.3) is 27.9 Å². The maximum Gasteiger partial charge on any atom is 0.0607 e. The number of hydrogen-bond donors (Lipinski definition) is 0. The molecule has 2 aromatic heterocycles. The van der Waals surface area contributed by atoms with Crippen LogP contribution in [0.5, 0.6) is 0 Å². The van der Waals surface area contributed by atoms with E-state index < -0.39 is 0 Å². The number of nitrogens with zero attached hydrogens (tertiary/aromatic N) is 1. The lowest BCUT2D eigenvalue weighted by Crippen LogP contribution is -1.88. The first-order valence-electron chi connectivity index (χ1n) is 7.14. The Hall–Kier alpha value is -2.80. The van der Waals surface area contributed by atoms with Crippen molar-refractivity contribution in [1.82, 2.24) is 4.40 Å². The van der Waals surface area contributed by atoms with Gasteiger partial charge in [-0.1, -0.05) is 66.7 Å². The number of hydrogen-bond acceptors (Lipinski definition) is 0. The monoisotopic (exact) mass is 269 g/mol. The van der Waals surface area contributed by atoms with E-state index >= 15 is 0 Å². The van der Waals surface area contributed by atoms with E-state index in [2.05, 4.69) is 95.5 Å². The number of benzene rings is 2. The van der Waals surface area contributed by atoms with Gasteiger partial charge >= 0.3 is 0 Å². The fourth-order valence-electron chi connectivity index (χ4n) is 2.85. The fourth-order valence-corrected chi connectivity index (χ4v) is 2.85. The zero-order valence-electron chi connectivity index (χ0n) is 11.6. The second-order valence-electron chi connectivity index (χ2n) is 5.13. The maximum absolute atomic E-state index is 2.26. The summed E-state index contributed by atoms with van der Waals surface area (Å²) in [6, 6.07) is 29.7. The van der Waals surface area contributed by atoms with Crippen molar-refractivity contribution in [2.24, 2.45) is 0 Å². The Morgan fingerprint density at radius 3 is 1.90 bits per heavy atom. The summed E-state index contributed by atoms with van der Waals surface area (Å²) in [5, 5.41) is 0. The Morgan fingerprint density at radius 2 is 1.19 bits per heavy atom. The second-order valence-corrected chi connectivity index (χ2v) is 5.13. The van der Waals surface area contributed by atoms with E-state index in [0.29, 0.717) is 0 Å².